The highest BCUT2D eigenvalue weighted by Crippen LogP contribution is 2.24. The smallest absolute Gasteiger partial charge is 0.263 e. The van der Waals surface area contributed by atoms with Crippen molar-refractivity contribution in [2.24, 2.45) is 4.99 Å². The van der Waals surface area contributed by atoms with Gasteiger partial charge in [-0.3, -0.25) is 9.71 Å². The van der Waals surface area contributed by atoms with Gasteiger partial charge in [0.25, 0.3) is 10.0 Å². The fourth-order valence-electron chi connectivity index (χ4n) is 3.36. The van der Waals surface area contributed by atoms with Gasteiger partial charge < -0.3 is 9.72 Å². The molecule has 6 nitrogen and oxygen atoms in total. The van der Waals surface area contributed by atoms with Gasteiger partial charge in [0.05, 0.1) is 12.0 Å². The van der Waals surface area contributed by atoms with E-state index in [1.54, 1.807) is 19.2 Å². The molecule has 0 aliphatic carbocycles. The third-order valence-electron chi connectivity index (χ3n) is 5.03. The third-order valence-corrected chi connectivity index (χ3v) is 6.38. The maximum absolute atomic E-state index is 13.2. The number of aromatic amines is 1. The molecule has 0 bridgehead atoms. The van der Waals surface area contributed by atoms with Crippen molar-refractivity contribution in [3.05, 3.63) is 95.9 Å². The summed E-state index contributed by atoms with van der Waals surface area (Å²) in [5.41, 5.74) is 2.68. The summed E-state index contributed by atoms with van der Waals surface area (Å²) in [6.07, 6.45) is 2.52. The Bertz CT molecular complexity index is 1350. The summed E-state index contributed by atoms with van der Waals surface area (Å²) in [5, 5.41) is 1.03. The van der Waals surface area contributed by atoms with Crippen molar-refractivity contribution in [2.45, 2.75) is 11.3 Å². The van der Waals surface area contributed by atoms with Crippen LogP contribution in [0.1, 0.15) is 11.1 Å². The van der Waals surface area contributed by atoms with Crippen molar-refractivity contribution in [3.8, 4) is 5.75 Å². The van der Waals surface area contributed by atoms with E-state index in [2.05, 4.69) is 14.7 Å². The minimum Gasteiger partial charge on any atom is -0.497 e. The van der Waals surface area contributed by atoms with Gasteiger partial charge in [-0.1, -0.05) is 30.3 Å². The van der Waals surface area contributed by atoms with Crippen LogP contribution in [0.25, 0.3) is 10.9 Å². The van der Waals surface area contributed by atoms with E-state index in [0.29, 0.717) is 18.5 Å². The van der Waals surface area contributed by atoms with Crippen LogP contribution in [0.2, 0.25) is 0 Å². The normalized spacial score (nSPS) is 12.1. The van der Waals surface area contributed by atoms with Gasteiger partial charge in [-0.15, -0.1) is 0 Å². The molecule has 8 heteroatoms. The SMILES string of the molecule is COc1ccc2[nH]cc(CCN=C(NS(=O)(=O)c3ccc(F)cc3)c3ccccc3)c2c1. The number of fused-ring (bicyclic) bond motifs is 1. The lowest BCUT2D eigenvalue weighted by molar-refractivity contribution is 0.415. The second-order valence-corrected chi connectivity index (χ2v) is 8.81. The Morgan fingerprint density at radius 2 is 1.81 bits per heavy atom. The van der Waals surface area contributed by atoms with Crippen LogP contribution in [0.4, 0.5) is 4.39 Å². The second kappa shape index (κ2) is 9.23. The quantitative estimate of drug-likeness (QED) is 0.325. The van der Waals surface area contributed by atoms with E-state index in [1.165, 1.54) is 12.1 Å². The monoisotopic (exact) mass is 451 g/mol. The number of H-pyrrole nitrogens is 1. The van der Waals surface area contributed by atoms with Crippen LogP contribution >= 0.6 is 0 Å². The molecule has 1 aromatic heterocycles. The van der Waals surface area contributed by atoms with Gasteiger partial charge in [0.2, 0.25) is 0 Å². The first-order valence-electron chi connectivity index (χ1n) is 9.98. The largest absolute Gasteiger partial charge is 0.497 e. The molecule has 0 spiro atoms. The first-order chi connectivity index (χ1) is 15.5. The van der Waals surface area contributed by atoms with Crippen LogP contribution in [0.3, 0.4) is 0 Å². The third kappa shape index (κ3) is 4.81. The Hall–Kier alpha value is -3.65. The van der Waals surface area contributed by atoms with Crippen LogP contribution in [0.15, 0.2) is 88.9 Å². The lowest BCUT2D eigenvalue weighted by Gasteiger charge is -2.11. The number of benzene rings is 3. The molecule has 2 N–H and O–H groups in total. The van der Waals surface area contributed by atoms with E-state index >= 15 is 0 Å². The lowest BCUT2D eigenvalue weighted by Crippen LogP contribution is -2.31. The predicted molar refractivity (Wildman–Crippen MR) is 123 cm³/mol. The zero-order chi connectivity index (χ0) is 22.6. The molecule has 1 heterocycles. The van der Waals surface area contributed by atoms with E-state index in [0.717, 1.165) is 34.3 Å². The van der Waals surface area contributed by atoms with Gasteiger partial charge in [0, 0.05) is 29.2 Å². The molecule has 0 unspecified atom stereocenters. The molecule has 0 saturated carbocycles. The molecular weight excluding hydrogens is 429 g/mol. The summed E-state index contributed by atoms with van der Waals surface area (Å²) in [5.74, 6) is 0.488. The van der Waals surface area contributed by atoms with Crippen LogP contribution in [-0.2, 0) is 16.4 Å². The van der Waals surface area contributed by atoms with Crippen LogP contribution < -0.4 is 9.46 Å². The van der Waals surface area contributed by atoms with Gasteiger partial charge in [-0.2, -0.15) is 0 Å². The first-order valence-corrected chi connectivity index (χ1v) is 11.5. The summed E-state index contributed by atoms with van der Waals surface area (Å²) in [6, 6.07) is 19.5. The number of hydrogen-bond donors (Lipinski definition) is 2. The van der Waals surface area contributed by atoms with E-state index in [9.17, 15) is 12.8 Å². The fraction of sp³-hybridized carbons (Fsp3) is 0.125. The summed E-state index contributed by atoms with van der Waals surface area (Å²) in [7, 11) is -2.30. The van der Waals surface area contributed by atoms with E-state index in [-0.39, 0.29) is 10.7 Å². The number of sulfonamides is 1. The number of nitrogens with zero attached hydrogens (tertiary/aromatic N) is 1. The standard InChI is InChI=1S/C24H22FN3O3S/c1-31-20-9-12-23-22(15-20)18(16-27-23)13-14-26-24(17-5-3-2-4-6-17)28-32(29,30)21-10-7-19(25)8-11-21/h2-12,15-16,27H,13-14H2,1H3,(H,26,28). The van der Waals surface area contributed by atoms with Crippen molar-refractivity contribution in [1.82, 2.24) is 9.71 Å². The Labute approximate surface area is 185 Å². The zero-order valence-corrected chi connectivity index (χ0v) is 18.2. The molecule has 0 aliphatic heterocycles. The minimum absolute atomic E-state index is 0.0359. The molecular formula is C24H22FN3O3S. The van der Waals surface area contributed by atoms with Gasteiger partial charge in [0.1, 0.15) is 17.4 Å². The molecule has 0 fully saturated rings. The van der Waals surface area contributed by atoms with Crippen LogP contribution in [0, 0.1) is 5.82 Å². The molecule has 32 heavy (non-hydrogen) atoms. The average molecular weight is 452 g/mol. The maximum Gasteiger partial charge on any atom is 0.263 e. The summed E-state index contributed by atoms with van der Waals surface area (Å²) in [6.45, 7) is 0.361. The van der Waals surface area contributed by atoms with Crippen molar-refractivity contribution >= 4 is 26.8 Å². The topological polar surface area (TPSA) is 83.5 Å². The van der Waals surface area contributed by atoms with Gasteiger partial charge in [-0.25, -0.2) is 12.8 Å². The number of ether oxygens (including phenoxy) is 1. The highest BCUT2D eigenvalue weighted by molar-refractivity contribution is 7.90. The Balaban J connectivity index is 1.59. The van der Waals surface area contributed by atoms with Crippen molar-refractivity contribution in [3.63, 3.8) is 0 Å². The van der Waals surface area contributed by atoms with E-state index in [1.807, 2.05) is 42.6 Å². The van der Waals surface area contributed by atoms with Gasteiger partial charge in [-0.05, 0) is 54.4 Å². The zero-order valence-electron chi connectivity index (χ0n) is 17.4. The highest BCUT2D eigenvalue weighted by atomic mass is 32.2. The first kappa shape index (κ1) is 21.6. The Kier molecular flexibility index (Phi) is 6.23. The van der Waals surface area contributed by atoms with Gasteiger partial charge >= 0.3 is 0 Å². The predicted octanol–water partition coefficient (Wildman–Crippen LogP) is 4.28. The van der Waals surface area contributed by atoms with Crippen molar-refractivity contribution < 1.29 is 17.5 Å². The molecule has 0 atom stereocenters. The summed E-state index contributed by atoms with van der Waals surface area (Å²) in [4.78, 5) is 7.75. The maximum atomic E-state index is 13.2. The number of halogens is 1. The number of aliphatic imine (C=N–C) groups is 1. The number of hydrogen-bond acceptors (Lipinski definition) is 4. The summed E-state index contributed by atoms with van der Waals surface area (Å²) < 4.78 is 46.7. The molecule has 0 amide bonds. The Morgan fingerprint density at radius 3 is 2.53 bits per heavy atom. The summed E-state index contributed by atoms with van der Waals surface area (Å²) >= 11 is 0. The second-order valence-electron chi connectivity index (χ2n) is 7.13. The molecule has 4 rings (SSSR count). The molecule has 0 saturated heterocycles. The van der Waals surface area contributed by atoms with Crippen LogP contribution in [-0.4, -0.2) is 32.9 Å². The average Bonchev–Trinajstić information content (AvgIpc) is 3.21. The number of methoxy groups -OCH3 is 1. The minimum atomic E-state index is -3.92. The highest BCUT2D eigenvalue weighted by Gasteiger charge is 2.17. The lowest BCUT2D eigenvalue weighted by atomic mass is 10.1. The number of rotatable bonds is 7. The Morgan fingerprint density at radius 1 is 1.06 bits per heavy atom. The molecule has 4 aromatic rings. The number of nitrogens with one attached hydrogen (secondary N) is 2. The number of aromatic nitrogens is 1. The fourth-order valence-corrected chi connectivity index (χ4v) is 4.41. The molecule has 0 radical (unpaired) electrons. The number of amidine groups is 1. The van der Waals surface area contributed by atoms with Gasteiger partial charge in [0.15, 0.2) is 0 Å². The molecule has 0 aliphatic rings. The van der Waals surface area contributed by atoms with Crippen molar-refractivity contribution in [1.29, 1.82) is 0 Å². The van der Waals surface area contributed by atoms with Crippen molar-refractivity contribution in [2.75, 3.05) is 13.7 Å². The van der Waals surface area contributed by atoms with Crippen LogP contribution in [0.5, 0.6) is 5.75 Å². The van der Waals surface area contributed by atoms with E-state index in [4.69, 9.17) is 4.74 Å². The molecule has 164 valence electrons. The molecule has 3 aromatic carbocycles. The van der Waals surface area contributed by atoms with E-state index < -0.39 is 15.8 Å².